The van der Waals surface area contributed by atoms with Crippen LogP contribution in [-0.4, -0.2) is 26.2 Å². The molecule has 0 aliphatic rings. The number of carbonyl (C=O) groups excluding carboxylic acids is 2. The topological polar surface area (TPSA) is 52.6 Å². The lowest BCUT2D eigenvalue weighted by atomic mass is 10.3. The Morgan fingerprint density at radius 2 is 1.20 bits per heavy atom. The van der Waals surface area contributed by atoms with Crippen molar-refractivity contribution in [2.75, 3.05) is 14.2 Å². The van der Waals surface area contributed by atoms with Crippen LogP contribution in [0.5, 0.6) is 0 Å². The van der Waals surface area contributed by atoms with Gasteiger partial charge in [0.2, 0.25) is 0 Å². The first-order valence-corrected chi connectivity index (χ1v) is 7.52. The molecule has 0 atom stereocenters. The van der Waals surface area contributed by atoms with Crippen molar-refractivity contribution < 1.29 is 19.1 Å². The Morgan fingerprint density at radius 1 is 0.850 bits per heavy atom. The maximum atomic E-state index is 10.9. The van der Waals surface area contributed by atoms with Crippen LogP contribution in [-0.2, 0) is 9.47 Å². The summed E-state index contributed by atoms with van der Waals surface area (Å²) in [5, 5.41) is 3.75. The summed E-state index contributed by atoms with van der Waals surface area (Å²) in [7, 11) is 2.78. The fourth-order valence-electron chi connectivity index (χ4n) is 1.35. The van der Waals surface area contributed by atoms with Crippen molar-refractivity contribution in [2.45, 2.75) is 13.8 Å². The number of carbonyl (C=O) groups is 2. The smallest absolute Gasteiger partial charge is 0.348 e. The van der Waals surface area contributed by atoms with Gasteiger partial charge in [-0.05, 0) is 47.9 Å². The molecular weight excluding hydrogens is 296 g/mol. The van der Waals surface area contributed by atoms with Gasteiger partial charge in [0.05, 0.1) is 14.2 Å². The predicted molar refractivity (Wildman–Crippen MR) is 80.8 cm³/mol. The van der Waals surface area contributed by atoms with E-state index in [0.717, 1.165) is 11.1 Å². The maximum absolute atomic E-state index is 10.9. The van der Waals surface area contributed by atoms with Crippen LogP contribution in [0.15, 0.2) is 22.9 Å². The van der Waals surface area contributed by atoms with Gasteiger partial charge in [-0.15, -0.1) is 22.7 Å². The largest absolute Gasteiger partial charge is 0.465 e. The van der Waals surface area contributed by atoms with Gasteiger partial charge in [0.15, 0.2) is 0 Å². The number of esters is 2. The number of hydrogen-bond acceptors (Lipinski definition) is 6. The van der Waals surface area contributed by atoms with Crippen LogP contribution in [0.4, 0.5) is 0 Å². The first-order valence-electron chi connectivity index (χ1n) is 5.76. The standard InChI is InChI=1S/2C7H8O2S/c2*1-5-3-4-10-6(5)7(8)9-2/h2*3-4H,1-2H3. The Bertz CT molecular complexity index is 531. The van der Waals surface area contributed by atoms with E-state index in [1.165, 1.54) is 36.9 Å². The molecule has 0 saturated carbocycles. The fraction of sp³-hybridized carbons (Fsp3) is 0.286. The Kier molecular flexibility index (Phi) is 6.41. The van der Waals surface area contributed by atoms with Gasteiger partial charge in [0.1, 0.15) is 9.75 Å². The minimum absolute atomic E-state index is 0.243. The second kappa shape index (κ2) is 7.81. The molecule has 0 aliphatic carbocycles. The van der Waals surface area contributed by atoms with Crippen LogP contribution >= 0.6 is 22.7 Å². The molecule has 0 radical (unpaired) electrons. The van der Waals surface area contributed by atoms with E-state index in [2.05, 4.69) is 9.47 Å². The molecule has 0 spiro atoms. The number of ether oxygens (including phenoxy) is 2. The van der Waals surface area contributed by atoms with E-state index in [-0.39, 0.29) is 11.9 Å². The third kappa shape index (κ3) is 4.18. The zero-order valence-corrected chi connectivity index (χ0v) is 13.4. The first-order chi connectivity index (χ1) is 9.51. The summed E-state index contributed by atoms with van der Waals surface area (Å²) < 4.78 is 9.09. The van der Waals surface area contributed by atoms with Gasteiger partial charge in [-0.3, -0.25) is 0 Å². The fourth-order valence-corrected chi connectivity index (χ4v) is 3.03. The Labute approximate surface area is 126 Å². The molecule has 0 aliphatic heterocycles. The SMILES string of the molecule is COC(=O)c1sccc1C.COC(=O)c1sccc1C. The third-order valence-corrected chi connectivity index (χ3v) is 4.46. The third-order valence-electron chi connectivity index (χ3n) is 2.47. The van der Waals surface area contributed by atoms with Crippen molar-refractivity contribution in [2.24, 2.45) is 0 Å². The molecule has 0 N–H and O–H groups in total. The van der Waals surface area contributed by atoms with E-state index in [1.54, 1.807) is 0 Å². The van der Waals surface area contributed by atoms with Crippen molar-refractivity contribution in [1.82, 2.24) is 0 Å². The molecule has 6 heteroatoms. The van der Waals surface area contributed by atoms with Gasteiger partial charge in [-0.2, -0.15) is 0 Å². The summed E-state index contributed by atoms with van der Waals surface area (Å²) in [5.41, 5.74) is 1.97. The molecule has 0 unspecified atom stereocenters. The second-order valence-corrected chi connectivity index (χ2v) is 5.68. The Hall–Kier alpha value is -1.66. The van der Waals surface area contributed by atoms with Crippen LogP contribution in [0.3, 0.4) is 0 Å². The van der Waals surface area contributed by atoms with Gasteiger partial charge in [-0.25, -0.2) is 9.59 Å². The average Bonchev–Trinajstić information content (AvgIpc) is 3.06. The molecular formula is C14H16O4S2. The lowest BCUT2D eigenvalue weighted by molar-refractivity contribution is 0.0596. The second-order valence-electron chi connectivity index (χ2n) is 3.85. The molecule has 0 amide bonds. The van der Waals surface area contributed by atoms with Crippen molar-refractivity contribution in [3.63, 3.8) is 0 Å². The molecule has 2 aromatic rings. The molecule has 2 heterocycles. The molecule has 2 rings (SSSR count). The Balaban J connectivity index is 0.000000200. The van der Waals surface area contributed by atoms with Crippen molar-refractivity contribution in [3.8, 4) is 0 Å². The van der Waals surface area contributed by atoms with Crippen molar-refractivity contribution in [3.05, 3.63) is 43.8 Å². The van der Waals surface area contributed by atoms with E-state index >= 15 is 0 Å². The summed E-state index contributed by atoms with van der Waals surface area (Å²) in [6.45, 7) is 3.78. The number of methoxy groups -OCH3 is 2. The molecule has 0 saturated heterocycles. The summed E-state index contributed by atoms with van der Waals surface area (Å²) in [4.78, 5) is 23.2. The van der Waals surface area contributed by atoms with Crippen molar-refractivity contribution in [1.29, 1.82) is 0 Å². The number of rotatable bonds is 2. The molecule has 0 fully saturated rings. The molecule has 2 aromatic heterocycles. The molecule has 20 heavy (non-hydrogen) atoms. The monoisotopic (exact) mass is 312 g/mol. The minimum Gasteiger partial charge on any atom is -0.465 e. The predicted octanol–water partition coefficient (Wildman–Crippen LogP) is 3.69. The van der Waals surface area contributed by atoms with Gasteiger partial charge >= 0.3 is 11.9 Å². The highest BCUT2D eigenvalue weighted by Gasteiger charge is 2.09. The lowest BCUT2D eigenvalue weighted by Gasteiger charge is -1.94. The van der Waals surface area contributed by atoms with Crippen LogP contribution in [0.2, 0.25) is 0 Å². The van der Waals surface area contributed by atoms with Gasteiger partial charge in [0.25, 0.3) is 0 Å². The number of hydrogen-bond donors (Lipinski definition) is 0. The van der Waals surface area contributed by atoms with E-state index in [0.29, 0.717) is 9.75 Å². The maximum Gasteiger partial charge on any atom is 0.348 e. The van der Waals surface area contributed by atoms with Crippen LogP contribution in [0.1, 0.15) is 30.5 Å². The van der Waals surface area contributed by atoms with Crippen LogP contribution in [0.25, 0.3) is 0 Å². The molecule has 4 nitrogen and oxygen atoms in total. The summed E-state index contributed by atoms with van der Waals surface area (Å²) in [6.07, 6.45) is 0. The highest BCUT2D eigenvalue weighted by molar-refractivity contribution is 7.12. The number of aryl methyl sites for hydroxylation is 2. The van der Waals surface area contributed by atoms with Crippen molar-refractivity contribution >= 4 is 34.6 Å². The highest BCUT2D eigenvalue weighted by atomic mass is 32.1. The van der Waals surface area contributed by atoms with Gasteiger partial charge in [0, 0.05) is 0 Å². The molecule has 0 aromatic carbocycles. The molecule has 0 bridgehead atoms. The minimum atomic E-state index is -0.243. The zero-order valence-electron chi connectivity index (χ0n) is 11.8. The van der Waals surface area contributed by atoms with E-state index in [4.69, 9.17) is 0 Å². The van der Waals surface area contributed by atoms with Gasteiger partial charge < -0.3 is 9.47 Å². The quantitative estimate of drug-likeness (QED) is 0.794. The van der Waals surface area contributed by atoms with E-state index in [9.17, 15) is 9.59 Å². The first kappa shape index (κ1) is 16.4. The number of thiophene rings is 2. The summed E-state index contributed by atoms with van der Waals surface area (Å²) in [6, 6.07) is 3.80. The summed E-state index contributed by atoms with van der Waals surface area (Å²) >= 11 is 2.82. The Morgan fingerprint density at radius 3 is 1.40 bits per heavy atom. The van der Waals surface area contributed by atoms with E-state index in [1.807, 2.05) is 36.7 Å². The van der Waals surface area contributed by atoms with Crippen LogP contribution < -0.4 is 0 Å². The zero-order chi connectivity index (χ0) is 15.1. The van der Waals surface area contributed by atoms with Gasteiger partial charge in [-0.1, -0.05) is 0 Å². The average molecular weight is 312 g/mol. The lowest BCUT2D eigenvalue weighted by Crippen LogP contribution is -1.99. The van der Waals surface area contributed by atoms with Crippen LogP contribution in [0, 0.1) is 13.8 Å². The van der Waals surface area contributed by atoms with E-state index < -0.39 is 0 Å². The normalized spacial score (nSPS) is 9.40. The highest BCUT2D eigenvalue weighted by Crippen LogP contribution is 2.16. The molecule has 108 valence electrons. The summed E-state index contributed by atoms with van der Waals surface area (Å²) in [5.74, 6) is -0.486.